The van der Waals surface area contributed by atoms with Gasteiger partial charge in [0.25, 0.3) is 0 Å². The maximum absolute atomic E-state index is 11.7. The lowest BCUT2D eigenvalue weighted by atomic mass is 10.1. The van der Waals surface area contributed by atoms with Gasteiger partial charge in [0.1, 0.15) is 5.60 Å². The second kappa shape index (κ2) is 6.72. The number of amides is 2. The maximum atomic E-state index is 11.7. The van der Waals surface area contributed by atoms with Crippen molar-refractivity contribution in [2.75, 3.05) is 0 Å². The van der Waals surface area contributed by atoms with Gasteiger partial charge in [0.15, 0.2) is 0 Å². The molecule has 1 rings (SSSR count). The number of benzene rings is 1. The maximum Gasteiger partial charge on any atom is 0.414 e. The molecule has 0 radical (unpaired) electrons. The van der Waals surface area contributed by atoms with Gasteiger partial charge >= 0.3 is 6.09 Å². The Hall–Kier alpha value is -1.59. The van der Waals surface area contributed by atoms with Crippen LogP contribution in [0, 0.1) is 0 Å². The van der Waals surface area contributed by atoms with E-state index in [-0.39, 0.29) is 0 Å². The van der Waals surface area contributed by atoms with E-state index in [0.29, 0.717) is 11.4 Å². The predicted molar refractivity (Wildman–Crippen MR) is 77.5 cm³/mol. The molecule has 0 saturated heterocycles. The lowest BCUT2D eigenvalue weighted by Gasteiger charge is -2.20. The summed E-state index contributed by atoms with van der Waals surface area (Å²) in [4.78, 5) is 23.2. The molecule has 0 aliphatic carbocycles. The topological polar surface area (TPSA) is 81.4 Å². The Kier molecular flexibility index (Phi) is 5.53. The summed E-state index contributed by atoms with van der Waals surface area (Å²) < 4.78 is 4.98. The van der Waals surface area contributed by atoms with Gasteiger partial charge in [-0.15, -0.1) is 0 Å². The van der Waals surface area contributed by atoms with Crippen molar-refractivity contribution < 1.29 is 14.3 Å². The van der Waals surface area contributed by atoms with E-state index in [1.807, 2.05) is 0 Å². The van der Waals surface area contributed by atoms with Crippen LogP contribution in [0.5, 0.6) is 0 Å². The van der Waals surface area contributed by atoms with E-state index in [4.69, 9.17) is 22.1 Å². The van der Waals surface area contributed by atoms with Crippen LogP contribution in [0.3, 0.4) is 0 Å². The highest BCUT2D eigenvalue weighted by atomic mass is 35.5. The number of alkyl carbamates (subject to hydrolysis) is 1. The number of ether oxygens (including phenoxy) is 1. The molecular formula is C14H19ClN2O3. The summed E-state index contributed by atoms with van der Waals surface area (Å²) >= 11 is 5.77. The molecular weight excluding hydrogens is 280 g/mol. The van der Waals surface area contributed by atoms with Crippen molar-refractivity contribution in [1.29, 1.82) is 0 Å². The van der Waals surface area contributed by atoms with E-state index >= 15 is 0 Å². The van der Waals surface area contributed by atoms with Gasteiger partial charge in [0.05, 0.1) is 6.04 Å². The molecule has 110 valence electrons. The summed E-state index contributed by atoms with van der Waals surface area (Å²) in [5.41, 5.74) is 5.95. The van der Waals surface area contributed by atoms with Gasteiger partial charge in [0, 0.05) is 5.02 Å². The average molecular weight is 299 g/mol. The zero-order valence-electron chi connectivity index (χ0n) is 11.8. The lowest BCUT2D eigenvalue weighted by molar-refractivity contribution is -0.121. The van der Waals surface area contributed by atoms with Gasteiger partial charge < -0.3 is 10.5 Å². The largest absolute Gasteiger partial charge is 0.444 e. The molecule has 1 atom stereocenters. The van der Waals surface area contributed by atoms with E-state index in [1.54, 1.807) is 45.0 Å². The molecule has 6 heteroatoms. The second-order valence-corrected chi connectivity index (χ2v) is 5.86. The summed E-state index contributed by atoms with van der Waals surface area (Å²) in [5, 5.41) is 2.73. The molecule has 0 aromatic heterocycles. The van der Waals surface area contributed by atoms with E-state index in [2.05, 4.69) is 5.32 Å². The molecule has 0 spiro atoms. The number of imide groups is 1. The highest BCUT2D eigenvalue weighted by Gasteiger charge is 2.21. The fraction of sp³-hybridized carbons (Fsp3) is 0.429. The molecule has 20 heavy (non-hydrogen) atoms. The van der Waals surface area contributed by atoms with E-state index in [9.17, 15) is 9.59 Å². The standard InChI is InChI=1S/C14H19ClN2O3/c1-14(2,3)20-13(19)17-12(18)11(16)8-9-4-6-10(15)7-5-9/h4-7,11H,8,16H2,1-3H3,(H,17,18,19)/t11-/m0/s1. The Balaban J connectivity index is 2.51. The molecule has 0 aliphatic rings. The molecule has 1 aromatic rings. The van der Waals surface area contributed by atoms with Crippen LogP contribution in [-0.4, -0.2) is 23.6 Å². The first kappa shape index (κ1) is 16.5. The zero-order valence-corrected chi connectivity index (χ0v) is 12.5. The Bertz CT molecular complexity index is 480. The average Bonchev–Trinajstić information content (AvgIpc) is 2.29. The fourth-order valence-corrected chi connectivity index (χ4v) is 1.59. The highest BCUT2D eigenvalue weighted by Crippen LogP contribution is 2.11. The molecule has 3 N–H and O–H groups in total. The number of carbonyl (C=O) groups is 2. The number of hydrogen-bond donors (Lipinski definition) is 2. The van der Waals surface area contributed by atoms with Crippen molar-refractivity contribution in [3.63, 3.8) is 0 Å². The third kappa shape index (κ3) is 6.04. The molecule has 2 amide bonds. The Morgan fingerprint density at radius 1 is 1.30 bits per heavy atom. The van der Waals surface area contributed by atoms with Crippen LogP contribution in [0.25, 0.3) is 0 Å². The summed E-state index contributed by atoms with van der Waals surface area (Å²) in [7, 11) is 0. The number of rotatable bonds is 3. The minimum Gasteiger partial charge on any atom is -0.444 e. The van der Waals surface area contributed by atoms with Crippen molar-refractivity contribution >= 4 is 23.6 Å². The molecule has 0 bridgehead atoms. The van der Waals surface area contributed by atoms with E-state index < -0.39 is 23.6 Å². The van der Waals surface area contributed by atoms with Crippen LogP contribution < -0.4 is 11.1 Å². The van der Waals surface area contributed by atoms with Gasteiger partial charge in [-0.05, 0) is 44.9 Å². The SMILES string of the molecule is CC(C)(C)OC(=O)NC(=O)[C@@H](N)Cc1ccc(Cl)cc1. The monoisotopic (exact) mass is 298 g/mol. The van der Waals surface area contributed by atoms with Gasteiger partial charge in [-0.3, -0.25) is 10.1 Å². The number of nitrogens with two attached hydrogens (primary N) is 1. The van der Waals surface area contributed by atoms with Crippen LogP contribution in [0.4, 0.5) is 4.79 Å². The van der Waals surface area contributed by atoms with Crippen LogP contribution in [0.15, 0.2) is 24.3 Å². The highest BCUT2D eigenvalue weighted by molar-refractivity contribution is 6.30. The molecule has 1 aromatic carbocycles. The van der Waals surface area contributed by atoms with Crippen LogP contribution in [-0.2, 0) is 16.0 Å². The van der Waals surface area contributed by atoms with Crippen molar-refractivity contribution in [2.24, 2.45) is 5.73 Å². The molecule has 0 heterocycles. The van der Waals surface area contributed by atoms with Crippen LogP contribution in [0.2, 0.25) is 5.02 Å². The third-order valence-corrected chi connectivity index (χ3v) is 2.58. The Morgan fingerprint density at radius 3 is 2.35 bits per heavy atom. The smallest absolute Gasteiger partial charge is 0.414 e. The minimum absolute atomic E-state index is 0.311. The minimum atomic E-state index is -0.830. The van der Waals surface area contributed by atoms with Gasteiger partial charge in [0.2, 0.25) is 5.91 Å². The van der Waals surface area contributed by atoms with Crippen molar-refractivity contribution in [1.82, 2.24) is 5.32 Å². The van der Waals surface area contributed by atoms with Crippen molar-refractivity contribution in [2.45, 2.75) is 38.8 Å². The van der Waals surface area contributed by atoms with Crippen LogP contribution >= 0.6 is 11.6 Å². The summed E-state index contributed by atoms with van der Waals surface area (Å²) in [6.07, 6.45) is -0.486. The lowest BCUT2D eigenvalue weighted by Crippen LogP contribution is -2.46. The Morgan fingerprint density at radius 2 is 1.85 bits per heavy atom. The van der Waals surface area contributed by atoms with E-state index in [1.165, 1.54) is 0 Å². The predicted octanol–water partition coefficient (Wildman–Crippen LogP) is 2.26. The first-order valence-corrected chi connectivity index (χ1v) is 6.59. The van der Waals surface area contributed by atoms with Crippen LogP contribution in [0.1, 0.15) is 26.3 Å². The number of nitrogens with one attached hydrogen (secondary N) is 1. The molecule has 0 fully saturated rings. The normalized spacial score (nSPS) is 12.7. The quantitative estimate of drug-likeness (QED) is 0.897. The van der Waals surface area contributed by atoms with Crippen molar-refractivity contribution in [3.8, 4) is 0 Å². The molecule has 0 aliphatic heterocycles. The number of halogens is 1. The van der Waals surface area contributed by atoms with Gasteiger partial charge in [-0.2, -0.15) is 0 Å². The first-order chi connectivity index (χ1) is 9.17. The summed E-state index contributed by atoms with van der Waals surface area (Å²) in [6, 6.07) is 6.17. The number of carbonyl (C=O) groups excluding carboxylic acids is 2. The molecule has 0 saturated carbocycles. The zero-order chi connectivity index (χ0) is 15.3. The molecule has 0 unspecified atom stereocenters. The second-order valence-electron chi connectivity index (χ2n) is 5.43. The van der Waals surface area contributed by atoms with Gasteiger partial charge in [-0.25, -0.2) is 4.79 Å². The van der Waals surface area contributed by atoms with Crippen molar-refractivity contribution in [3.05, 3.63) is 34.9 Å². The Labute approximate surface area is 123 Å². The summed E-state index contributed by atoms with van der Waals surface area (Å²) in [5.74, 6) is -0.575. The van der Waals surface area contributed by atoms with E-state index in [0.717, 1.165) is 5.56 Å². The number of hydrogen-bond acceptors (Lipinski definition) is 4. The summed E-state index contributed by atoms with van der Waals surface area (Å²) in [6.45, 7) is 5.14. The van der Waals surface area contributed by atoms with Gasteiger partial charge in [-0.1, -0.05) is 23.7 Å². The first-order valence-electron chi connectivity index (χ1n) is 6.21. The fourth-order valence-electron chi connectivity index (χ4n) is 1.46. The molecule has 5 nitrogen and oxygen atoms in total. The third-order valence-electron chi connectivity index (χ3n) is 2.33.